The van der Waals surface area contributed by atoms with Crippen molar-refractivity contribution in [2.24, 2.45) is 0 Å². The lowest BCUT2D eigenvalue weighted by molar-refractivity contribution is 0.542. The zero-order valence-corrected chi connectivity index (χ0v) is 14.7. The van der Waals surface area contributed by atoms with Crippen LogP contribution in [0.5, 0.6) is 0 Å². The molecule has 0 aliphatic heterocycles. The van der Waals surface area contributed by atoms with Gasteiger partial charge in [-0.15, -0.1) is 0 Å². The van der Waals surface area contributed by atoms with Crippen LogP contribution in [0, 0.1) is 0 Å². The monoisotopic (exact) mass is 369 g/mol. The van der Waals surface area contributed by atoms with Crippen molar-refractivity contribution >= 4 is 45.8 Å². The van der Waals surface area contributed by atoms with Crippen LogP contribution >= 0.6 is 0 Å². The molecule has 0 aliphatic rings. The molecule has 4 N–H and O–H groups in total. The maximum atomic E-state index is 10.9. The molecule has 0 bridgehead atoms. The second-order valence-corrected chi connectivity index (χ2v) is 6.07. The van der Waals surface area contributed by atoms with Crippen LogP contribution in [0.2, 0.25) is 0 Å². The van der Waals surface area contributed by atoms with E-state index in [1.165, 1.54) is 0 Å². The quantitative estimate of drug-likeness (QED) is 0.451. The van der Waals surface area contributed by atoms with Gasteiger partial charge in [0.25, 0.3) is 0 Å². The molecule has 1 unspecified atom stereocenters. The number of nitrogens with two attached hydrogens (primary N) is 1. The highest BCUT2D eigenvalue weighted by molar-refractivity contribution is 7.80. The van der Waals surface area contributed by atoms with Gasteiger partial charge >= 0.3 is 0 Å². The van der Waals surface area contributed by atoms with E-state index in [0.717, 1.165) is 5.69 Å². The summed E-state index contributed by atoms with van der Waals surface area (Å²) in [6, 6.07) is 16.1. The number of rotatable bonds is 6. The lowest BCUT2D eigenvalue weighted by Crippen LogP contribution is -2.12. The maximum Gasteiger partial charge on any atom is 0.229 e. The Morgan fingerprint density at radius 3 is 2.46 bits per heavy atom. The Morgan fingerprint density at radius 2 is 1.77 bits per heavy atom. The lowest BCUT2D eigenvalue weighted by Gasteiger charge is -2.19. The van der Waals surface area contributed by atoms with Crippen LogP contribution in [0.4, 0.5) is 34.5 Å². The van der Waals surface area contributed by atoms with Crippen LogP contribution in [0.3, 0.4) is 0 Å². The molecule has 1 heterocycles. The van der Waals surface area contributed by atoms with Gasteiger partial charge in [0, 0.05) is 35.9 Å². The second-order valence-electron chi connectivity index (χ2n) is 5.40. The van der Waals surface area contributed by atoms with Gasteiger partial charge in [0.2, 0.25) is 5.95 Å². The molecule has 1 atom stereocenters. The molecule has 3 aromatic rings. The summed E-state index contributed by atoms with van der Waals surface area (Å²) in [6.45, 7) is 0. The Labute approximate surface area is 153 Å². The largest absolute Gasteiger partial charge is 0.755 e. The van der Waals surface area contributed by atoms with Crippen molar-refractivity contribution in [1.82, 2.24) is 9.97 Å². The van der Waals surface area contributed by atoms with Gasteiger partial charge in [-0.2, -0.15) is 4.98 Å². The fourth-order valence-electron chi connectivity index (χ4n) is 2.32. The second kappa shape index (κ2) is 7.81. The van der Waals surface area contributed by atoms with Crippen LogP contribution < -0.4 is 20.7 Å². The van der Waals surface area contributed by atoms with E-state index >= 15 is 0 Å². The van der Waals surface area contributed by atoms with Crippen LogP contribution in [-0.2, 0) is 11.3 Å². The number of nitrogens with one attached hydrogen (secondary N) is 2. The first-order valence-corrected chi connectivity index (χ1v) is 8.75. The van der Waals surface area contributed by atoms with E-state index in [1.807, 2.05) is 36.2 Å². The summed E-state index contributed by atoms with van der Waals surface area (Å²) in [6.07, 6.45) is 1.63. The Kier molecular flexibility index (Phi) is 5.30. The first-order chi connectivity index (χ1) is 12.5. The third-order valence-electron chi connectivity index (χ3n) is 3.63. The molecule has 0 aliphatic carbocycles. The van der Waals surface area contributed by atoms with E-state index in [0.29, 0.717) is 28.8 Å². The van der Waals surface area contributed by atoms with Gasteiger partial charge in [-0.3, -0.25) is 4.21 Å². The Balaban J connectivity index is 1.84. The predicted octanol–water partition coefficient (Wildman–Crippen LogP) is 2.78. The van der Waals surface area contributed by atoms with Gasteiger partial charge in [-0.25, -0.2) is 4.98 Å². The number of nitrogens with zero attached hydrogens (tertiary/aromatic N) is 3. The molecular formula is C17H17N6O2S-. The fraction of sp³-hybridized carbons (Fsp3) is 0.0588. The molecule has 0 spiro atoms. The van der Waals surface area contributed by atoms with Gasteiger partial charge in [0.15, 0.2) is 0 Å². The fourth-order valence-corrected chi connectivity index (χ4v) is 2.68. The molecule has 0 radical (unpaired) electrons. The summed E-state index contributed by atoms with van der Waals surface area (Å²) in [7, 11) is 1.88. The van der Waals surface area contributed by atoms with Crippen molar-refractivity contribution in [3.05, 3.63) is 60.8 Å². The van der Waals surface area contributed by atoms with Crippen molar-refractivity contribution in [3.63, 3.8) is 0 Å². The number of anilines is 6. The average Bonchev–Trinajstić information content (AvgIpc) is 2.63. The van der Waals surface area contributed by atoms with E-state index < -0.39 is 11.3 Å². The topological polar surface area (TPSA) is 119 Å². The van der Waals surface area contributed by atoms with Gasteiger partial charge in [0.05, 0.1) is 11.4 Å². The van der Waals surface area contributed by atoms with Crippen molar-refractivity contribution in [3.8, 4) is 0 Å². The number of aromatic nitrogens is 2. The zero-order valence-electron chi connectivity index (χ0n) is 13.9. The van der Waals surface area contributed by atoms with E-state index in [9.17, 15) is 8.76 Å². The summed E-state index contributed by atoms with van der Waals surface area (Å²) in [5, 5.41) is 3.03. The standard InChI is InChI=1S/C17H18N6O2S/c1-23(13-8-6-12(18)7-9-13)16-10-11-19-17(21-16)20-14-4-2-3-5-15(14)22-26(24)25/h2-11,22H,18H2,1H3,(H,24,25)(H,19,20,21)/p-1. The van der Waals surface area contributed by atoms with Gasteiger partial charge < -0.3 is 25.2 Å². The summed E-state index contributed by atoms with van der Waals surface area (Å²) in [4.78, 5) is 10.6. The minimum absolute atomic E-state index is 0.343. The average molecular weight is 369 g/mol. The Hall–Kier alpha value is -3.17. The van der Waals surface area contributed by atoms with Gasteiger partial charge in [0.1, 0.15) is 5.82 Å². The Bertz CT molecular complexity index is 919. The number of hydrogen-bond donors (Lipinski definition) is 3. The van der Waals surface area contributed by atoms with Crippen LogP contribution in [0.1, 0.15) is 0 Å². The zero-order chi connectivity index (χ0) is 18.5. The molecule has 1 aromatic heterocycles. The highest BCUT2D eigenvalue weighted by Crippen LogP contribution is 2.26. The highest BCUT2D eigenvalue weighted by atomic mass is 32.2. The first kappa shape index (κ1) is 17.6. The molecule has 8 nitrogen and oxygen atoms in total. The summed E-state index contributed by atoms with van der Waals surface area (Å²) in [5.74, 6) is 1.01. The van der Waals surface area contributed by atoms with Crippen molar-refractivity contribution in [2.45, 2.75) is 0 Å². The molecule has 2 aromatic carbocycles. The van der Waals surface area contributed by atoms with E-state index in [4.69, 9.17) is 5.73 Å². The Morgan fingerprint density at radius 1 is 1.08 bits per heavy atom. The summed E-state index contributed by atoms with van der Waals surface area (Å²) >= 11 is -2.42. The number of nitrogen functional groups attached to an aromatic ring is 1. The van der Waals surface area contributed by atoms with Crippen molar-refractivity contribution < 1.29 is 8.76 Å². The molecule has 26 heavy (non-hydrogen) atoms. The summed E-state index contributed by atoms with van der Waals surface area (Å²) in [5.41, 5.74) is 8.28. The normalized spacial score (nSPS) is 11.6. The van der Waals surface area contributed by atoms with Crippen molar-refractivity contribution in [1.29, 1.82) is 0 Å². The lowest BCUT2D eigenvalue weighted by atomic mass is 10.2. The number of benzene rings is 2. The number of para-hydroxylation sites is 2. The minimum atomic E-state index is -2.42. The van der Waals surface area contributed by atoms with Gasteiger partial charge in [-0.05, 0) is 42.5 Å². The molecular weight excluding hydrogens is 352 g/mol. The minimum Gasteiger partial charge on any atom is -0.755 e. The summed E-state index contributed by atoms with van der Waals surface area (Å²) < 4.78 is 24.2. The van der Waals surface area contributed by atoms with Crippen LogP contribution in [0.25, 0.3) is 0 Å². The number of hydrogen-bond acceptors (Lipinski definition) is 7. The first-order valence-electron chi connectivity index (χ1n) is 7.67. The molecule has 134 valence electrons. The molecule has 0 saturated heterocycles. The third-order valence-corrected chi connectivity index (χ3v) is 4.02. The predicted molar refractivity (Wildman–Crippen MR) is 103 cm³/mol. The van der Waals surface area contributed by atoms with Gasteiger partial charge in [-0.1, -0.05) is 12.1 Å². The van der Waals surface area contributed by atoms with E-state index in [1.54, 1.807) is 36.5 Å². The maximum absolute atomic E-state index is 10.9. The van der Waals surface area contributed by atoms with Crippen LogP contribution in [-0.4, -0.2) is 25.8 Å². The molecule has 9 heteroatoms. The molecule has 3 rings (SSSR count). The van der Waals surface area contributed by atoms with Crippen LogP contribution in [0.15, 0.2) is 60.8 Å². The molecule has 0 amide bonds. The highest BCUT2D eigenvalue weighted by Gasteiger charge is 2.09. The van der Waals surface area contributed by atoms with E-state index in [-0.39, 0.29) is 0 Å². The third kappa shape index (κ3) is 4.26. The van der Waals surface area contributed by atoms with E-state index in [2.05, 4.69) is 20.0 Å². The SMILES string of the molecule is CN(c1ccc(N)cc1)c1ccnc(Nc2ccccc2NS(=O)[O-])n1. The van der Waals surface area contributed by atoms with Crippen molar-refractivity contribution in [2.75, 3.05) is 27.7 Å². The molecule has 0 fully saturated rings. The smallest absolute Gasteiger partial charge is 0.229 e. The molecule has 0 saturated carbocycles.